The van der Waals surface area contributed by atoms with Crippen LogP contribution in [0.1, 0.15) is 34.1 Å². The normalized spacial score (nSPS) is 18.1. The zero-order valence-corrected chi connectivity index (χ0v) is 18.2. The van der Waals surface area contributed by atoms with E-state index in [2.05, 4.69) is 15.2 Å². The van der Waals surface area contributed by atoms with Crippen molar-refractivity contribution in [2.24, 2.45) is 0 Å². The lowest BCUT2D eigenvalue weighted by Gasteiger charge is -2.25. The quantitative estimate of drug-likeness (QED) is 0.345. The minimum Gasteiger partial charge on any atom is -0.507 e. The molecule has 0 bridgehead atoms. The molecule has 9 heteroatoms. The molecule has 0 spiro atoms. The summed E-state index contributed by atoms with van der Waals surface area (Å²) in [4.78, 5) is 31.6. The summed E-state index contributed by atoms with van der Waals surface area (Å²) in [7, 11) is 0. The topological polar surface area (TPSA) is 99.2 Å². The molecule has 0 radical (unpaired) electrons. The fraction of sp³-hybridized carbons (Fsp3) is 0.182. The van der Waals surface area contributed by atoms with Gasteiger partial charge in [0.05, 0.1) is 32.9 Å². The first kappa shape index (κ1) is 21.1. The number of rotatable bonds is 4. The second-order valence-corrected chi connectivity index (χ2v) is 8.09. The number of aromatic amines is 1. The summed E-state index contributed by atoms with van der Waals surface area (Å²) in [5, 5.41) is 18.6. The number of aromatic nitrogens is 3. The van der Waals surface area contributed by atoms with E-state index in [9.17, 15) is 14.7 Å². The van der Waals surface area contributed by atoms with Crippen LogP contribution in [0, 0.1) is 13.8 Å². The van der Waals surface area contributed by atoms with Crippen LogP contribution in [0.4, 0.5) is 0 Å². The predicted molar refractivity (Wildman–Crippen MR) is 117 cm³/mol. The van der Waals surface area contributed by atoms with E-state index in [1.54, 1.807) is 50.5 Å². The van der Waals surface area contributed by atoms with Crippen LogP contribution in [0.15, 0.2) is 48.3 Å². The molecule has 31 heavy (non-hydrogen) atoms. The predicted octanol–water partition coefficient (Wildman–Crippen LogP) is 4.35. The fourth-order valence-electron chi connectivity index (χ4n) is 3.79. The van der Waals surface area contributed by atoms with Crippen molar-refractivity contribution in [3.05, 3.63) is 86.4 Å². The monoisotopic (exact) mass is 456 g/mol. The summed E-state index contributed by atoms with van der Waals surface area (Å²) in [5.41, 5.74) is 2.76. The van der Waals surface area contributed by atoms with Gasteiger partial charge in [-0.15, -0.1) is 0 Å². The Hall–Kier alpha value is -3.16. The van der Waals surface area contributed by atoms with E-state index in [4.69, 9.17) is 23.2 Å². The molecule has 1 aliphatic heterocycles. The molecular formula is C22H18Cl2N4O3. The Morgan fingerprint density at radius 2 is 1.97 bits per heavy atom. The number of carbonyl (C=O) groups excluding carboxylic acids is 2. The first-order valence-electron chi connectivity index (χ1n) is 9.43. The number of halogens is 2. The van der Waals surface area contributed by atoms with Gasteiger partial charge in [0.1, 0.15) is 5.76 Å². The number of carbonyl (C=O) groups is 2. The van der Waals surface area contributed by atoms with Gasteiger partial charge in [0, 0.05) is 24.6 Å². The second kappa shape index (κ2) is 8.17. The molecule has 2 N–H and O–H groups in total. The molecule has 1 saturated heterocycles. The summed E-state index contributed by atoms with van der Waals surface area (Å²) in [6, 6.07) is 7.57. The molecular weight excluding hydrogens is 439 g/mol. The van der Waals surface area contributed by atoms with Gasteiger partial charge in [0.25, 0.3) is 11.7 Å². The van der Waals surface area contributed by atoms with Gasteiger partial charge in [-0.2, -0.15) is 5.10 Å². The largest absolute Gasteiger partial charge is 0.507 e. The van der Waals surface area contributed by atoms with Gasteiger partial charge in [-0.1, -0.05) is 35.3 Å². The summed E-state index contributed by atoms with van der Waals surface area (Å²) in [5.74, 6) is -1.79. The molecule has 3 aromatic rings. The van der Waals surface area contributed by atoms with Gasteiger partial charge in [-0.25, -0.2) is 0 Å². The number of benzene rings is 1. The highest BCUT2D eigenvalue weighted by Crippen LogP contribution is 2.42. The molecule has 1 aliphatic rings. The van der Waals surface area contributed by atoms with E-state index in [0.29, 0.717) is 27.5 Å². The molecule has 1 fully saturated rings. The van der Waals surface area contributed by atoms with Crippen molar-refractivity contribution in [1.29, 1.82) is 0 Å². The van der Waals surface area contributed by atoms with Gasteiger partial charge in [-0.3, -0.25) is 19.7 Å². The number of hydrogen-bond donors (Lipinski definition) is 2. The average molecular weight is 457 g/mol. The maximum absolute atomic E-state index is 13.1. The van der Waals surface area contributed by atoms with Crippen molar-refractivity contribution < 1.29 is 14.7 Å². The Kier molecular flexibility index (Phi) is 5.56. The van der Waals surface area contributed by atoms with Gasteiger partial charge in [-0.05, 0) is 43.2 Å². The number of H-pyrrole nitrogens is 1. The maximum Gasteiger partial charge on any atom is 0.295 e. The SMILES string of the molecule is Cc1n[nH]c(C)c1/C(O)=C1\C(=O)C(=O)N(Cc2cccnc2)[C@H]1c1ccc(Cl)c(Cl)c1. The number of aryl methyl sites for hydroxylation is 2. The Morgan fingerprint density at radius 1 is 1.19 bits per heavy atom. The van der Waals surface area contributed by atoms with E-state index in [-0.39, 0.29) is 22.9 Å². The molecule has 158 valence electrons. The zero-order valence-electron chi connectivity index (χ0n) is 16.7. The highest BCUT2D eigenvalue weighted by Gasteiger charge is 2.46. The third kappa shape index (κ3) is 3.71. The van der Waals surface area contributed by atoms with E-state index in [0.717, 1.165) is 5.56 Å². The van der Waals surface area contributed by atoms with Crippen molar-refractivity contribution in [1.82, 2.24) is 20.1 Å². The number of aliphatic hydroxyl groups is 1. The summed E-state index contributed by atoms with van der Waals surface area (Å²) in [6.07, 6.45) is 3.24. The lowest BCUT2D eigenvalue weighted by Crippen LogP contribution is -2.29. The summed E-state index contributed by atoms with van der Waals surface area (Å²) >= 11 is 12.3. The highest BCUT2D eigenvalue weighted by molar-refractivity contribution is 6.46. The Labute approximate surface area is 188 Å². The number of aliphatic hydroxyl groups excluding tert-OH is 1. The minimum absolute atomic E-state index is 0.0279. The van der Waals surface area contributed by atoms with Crippen LogP contribution in [-0.2, 0) is 16.1 Å². The third-order valence-electron chi connectivity index (χ3n) is 5.24. The van der Waals surface area contributed by atoms with Crippen molar-refractivity contribution in [2.45, 2.75) is 26.4 Å². The van der Waals surface area contributed by atoms with Crippen molar-refractivity contribution in [3.63, 3.8) is 0 Å². The van der Waals surface area contributed by atoms with Gasteiger partial charge in [0.2, 0.25) is 0 Å². The first-order valence-corrected chi connectivity index (χ1v) is 10.2. The fourth-order valence-corrected chi connectivity index (χ4v) is 4.10. The first-order chi connectivity index (χ1) is 14.8. The summed E-state index contributed by atoms with van der Waals surface area (Å²) in [6.45, 7) is 3.57. The number of hydrogen-bond acceptors (Lipinski definition) is 5. The molecule has 2 aromatic heterocycles. The van der Waals surface area contributed by atoms with Crippen LogP contribution < -0.4 is 0 Å². The Balaban J connectivity index is 1.92. The van der Waals surface area contributed by atoms with Gasteiger partial charge >= 0.3 is 0 Å². The zero-order chi connectivity index (χ0) is 22.3. The lowest BCUT2D eigenvalue weighted by atomic mass is 9.94. The van der Waals surface area contributed by atoms with E-state index in [1.807, 2.05) is 6.07 Å². The standard InChI is InChI=1S/C22H18Cl2N4O3/c1-11-17(12(2)27-26-11)20(29)18-19(14-5-6-15(23)16(24)8-14)28(22(31)21(18)30)10-13-4-3-7-25-9-13/h3-9,19,29H,10H2,1-2H3,(H,26,27)/b20-18+/t19-/m0/s1. The molecule has 0 unspecified atom stereocenters. The number of likely N-dealkylation sites (tertiary alicyclic amines) is 1. The highest BCUT2D eigenvalue weighted by atomic mass is 35.5. The number of pyridine rings is 1. The van der Waals surface area contributed by atoms with Crippen LogP contribution in [-0.4, -0.2) is 36.9 Å². The van der Waals surface area contributed by atoms with Gasteiger partial charge < -0.3 is 10.0 Å². The Morgan fingerprint density at radius 3 is 2.58 bits per heavy atom. The minimum atomic E-state index is -0.858. The number of Topliss-reactive ketones (excluding diaryl/α,β-unsaturated/α-hetero) is 1. The van der Waals surface area contributed by atoms with Gasteiger partial charge in [0.15, 0.2) is 0 Å². The second-order valence-electron chi connectivity index (χ2n) is 7.27. The molecule has 4 rings (SSSR count). The molecule has 1 atom stereocenters. The van der Waals surface area contributed by atoms with Crippen LogP contribution >= 0.6 is 23.2 Å². The number of ketones is 1. The van der Waals surface area contributed by atoms with Crippen molar-refractivity contribution in [3.8, 4) is 0 Å². The van der Waals surface area contributed by atoms with E-state index < -0.39 is 17.7 Å². The molecule has 0 saturated carbocycles. The molecule has 0 aliphatic carbocycles. The van der Waals surface area contributed by atoms with E-state index >= 15 is 0 Å². The van der Waals surface area contributed by atoms with Crippen LogP contribution in [0.5, 0.6) is 0 Å². The average Bonchev–Trinajstić information content (AvgIpc) is 3.21. The lowest BCUT2D eigenvalue weighted by molar-refractivity contribution is -0.140. The summed E-state index contributed by atoms with van der Waals surface area (Å²) < 4.78 is 0. The molecule has 1 aromatic carbocycles. The smallest absolute Gasteiger partial charge is 0.295 e. The number of nitrogens with zero attached hydrogens (tertiary/aromatic N) is 3. The van der Waals surface area contributed by atoms with E-state index in [1.165, 1.54) is 4.90 Å². The third-order valence-corrected chi connectivity index (χ3v) is 5.98. The van der Waals surface area contributed by atoms with Crippen LogP contribution in [0.2, 0.25) is 10.0 Å². The van der Waals surface area contributed by atoms with Crippen molar-refractivity contribution >= 4 is 40.7 Å². The Bertz CT molecular complexity index is 1200. The number of amides is 1. The van der Waals surface area contributed by atoms with Crippen LogP contribution in [0.25, 0.3) is 5.76 Å². The molecule has 1 amide bonds. The molecule has 3 heterocycles. The molecule has 7 nitrogen and oxygen atoms in total. The maximum atomic E-state index is 13.1. The number of nitrogens with one attached hydrogen (secondary N) is 1. The van der Waals surface area contributed by atoms with Crippen molar-refractivity contribution in [2.75, 3.05) is 0 Å². The van der Waals surface area contributed by atoms with Crippen LogP contribution in [0.3, 0.4) is 0 Å².